The van der Waals surface area contributed by atoms with Crippen LogP contribution in [-0.2, 0) is 6.18 Å². The van der Waals surface area contributed by atoms with E-state index in [0.717, 1.165) is 16.9 Å². The summed E-state index contributed by atoms with van der Waals surface area (Å²) in [6.45, 7) is 2.88. The van der Waals surface area contributed by atoms with Gasteiger partial charge in [-0.05, 0) is 48.2 Å². The van der Waals surface area contributed by atoms with Gasteiger partial charge in [0.1, 0.15) is 0 Å². The zero-order chi connectivity index (χ0) is 20.1. The summed E-state index contributed by atoms with van der Waals surface area (Å²) in [7, 11) is 0. The van der Waals surface area contributed by atoms with Gasteiger partial charge in [0.2, 0.25) is 5.82 Å². The zero-order valence-corrected chi connectivity index (χ0v) is 15.0. The number of aliphatic hydroxyl groups excluding tert-OH is 1. The summed E-state index contributed by atoms with van der Waals surface area (Å²) in [6.07, 6.45) is -5.34. The molecule has 0 bridgehead atoms. The first-order valence-electron chi connectivity index (χ1n) is 8.60. The lowest BCUT2D eigenvalue weighted by molar-refractivity contribution is -0.137. The number of nitrogens with one attached hydrogen (secondary N) is 2. The molecule has 1 heterocycles. The first-order chi connectivity index (χ1) is 13.4. The molecule has 0 spiro atoms. The fourth-order valence-corrected chi connectivity index (χ4v) is 2.50. The van der Waals surface area contributed by atoms with Crippen molar-refractivity contribution in [2.75, 3.05) is 18.4 Å². The number of benzene rings is 2. The Hall–Kier alpha value is -2.98. The summed E-state index contributed by atoms with van der Waals surface area (Å²) >= 11 is 0. The Balaban J connectivity index is 1.81. The molecule has 3 N–H and O–H groups in total. The summed E-state index contributed by atoms with van der Waals surface area (Å²) in [5, 5.41) is 28.1. The van der Waals surface area contributed by atoms with Crippen molar-refractivity contribution in [1.82, 2.24) is 25.5 Å². The van der Waals surface area contributed by atoms with Gasteiger partial charge in [-0.15, -0.1) is 15.0 Å². The first-order valence-corrected chi connectivity index (χ1v) is 8.60. The lowest BCUT2D eigenvalue weighted by Crippen LogP contribution is -2.26. The van der Waals surface area contributed by atoms with Gasteiger partial charge in [-0.25, -0.2) is 0 Å². The summed E-state index contributed by atoms with van der Waals surface area (Å²) in [4.78, 5) is 1.10. The average molecular weight is 392 g/mol. The van der Waals surface area contributed by atoms with Gasteiger partial charge in [-0.3, -0.25) is 0 Å². The maximum Gasteiger partial charge on any atom is 0.416 e. The van der Waals surface area contributed by atoms with Crippen LogP contribution in [-0.4, -0.2) is 38.4 Å². The van der Waals surface area contributed by atoms with Crippen LogP contribution < -0.4 is 10.6 Å². The highest BCUT2D eigenvalue weighted by atomic mass is 19.4. The van der Waals surface area contributed by atoms with E-state index >= 15 is 0 Å². The van der Waals surface area contributed by atoms with Gasteiger partial charge in [-0.1, -0.05) is 19.1 Å². The quantitative estimate of drug-likeness (QED) is 0.572. The summed E-state index contributed by atoms with van der Waals surface area (Å²) < 4.78 is 38.1. The van der Waals surface area contributed by atoms with Crippen molar-refractivity contribution in [2.45, 2.75) is 19.3 Å². The van der Waals surface area contributed by atoms with Crippen LogP contribution in [0.1, 0.15) is 18.7 Å². The number of likely N-dealkylation sites (N-methyl/N-ethyl adjacent to an activating group) is 1. The summed E-state index contributed by atoms with van der Waals surface area (Å²) in [5.74, 6) is 0.283. The number of alkyl halides is 3. The molecule has 10 heteroatoms. The molecule has 0 aliphatic carbocycles. The van der Waals surface area contributed by atoms with Crippen LogP contribution >= 0.6 is 0 Å². The molecule has 7 nitrogen and oxygen atoms in total. The lowest BCUT2D eigenvalue weighted by Gasteiger charge is -2.12. The van der Waals surface area contributed by atoms with Gasteiger partial charge < -0.3 is 15.7 Å². The largest absolute Gasteiger partial charge is 0.416 e. The van der Waals surface area contributed by atoms with E-state index < -0.39 is 18.0 Å². The van der Waals surface area contributed by atoms with Gasteiger partial charge in [0.25, 0.3) is 0 Å². The normalized spacial score (nSPS) is 12.8. The molecule has 2 aromatic carbocycles. The lowest BCUT2D eigenvalue weighted by atomic mass is 10.1. The van der Waals surface area contributed by atoms with Crippen LogP contribution in [0.25, 0.3) is 11.4 Å². The van der Waals surface area contributed by atoms with Gasteiger partial charge in [0.15, 0.2) is 6.23 Å². The second-order valence-corrected chi connectivity index (χ2v) is 5.97. The third-order valence-electron chi connectivity index (χ3n) is 3.93. The van der Waals surface area contributed by atoms with Crippen molar-refractivity contribution in [3.05, 3.63) is 54.1 Å². The second-order valence-electron chi connectivity index (χ2n) is 5.97. The Morgan fingerprint density at radius 2 is 1.82 bits per heavy atom. The van der Waals surface area contributed by atoms with Crippen molar-refractivity contribution < 1.29 is 18.3 Å². The van der Waals surface area contributed by atoms with Crippen LogP contribution in [0.3, 0.4) is 0 Å². The number of tetrazole rings is 1. The van der Waals surface area contributed by atoms with Crippen molar-refractivity contribution in [2.24, 2.45) is 0 Å². The maximum absolute atomic E-state index is 12.7. The molecular formula is C18H19F3N6O. The number of halogens is 3. The Morgan fingerprint density at radius 3 is 2.50 bits per heavy atom. The molecule has 28 heavy (non-hydrogen) atoms. The van der Waals surface area contributed by atoms with E-state index in [1.165, 1.54) is 12.1 Å². The van der Waals surface area contributed by atoms with Crippen molar-refractivity contribution in [1.29, 1.82) is 0 Å². The number of rotatable bonds is 7. The minimum Gasteiger partial charge on any atom is -0.369 e. The highest BCUT2D eigenvalue weighted by Crippen LogP contribution is 2.32. The molecule has 0 radical (unpaired) electrons. The van der Waals surface area contributed by atoms with Gasteiger partial charge >= 0.3 is 6.18 Å². The zero-order valence-electron chi connectivity index (χ0n) is 15.0. The molecule has 3 rings (SSSR count). The standard InChI is InChI=1S/C18H19F3N6O/c1-2-22-11-16(28)27-25-17(24-26-27)14-5-3-4-6-15(14)23-13-9-7-12(8-10-13)18(19,20)21/h3-10,16,22-23,28H,2,11H2,1H3/t16-/m1/s1. The Labute approximate surface area is 159 Å². The van der Waals surface area contributed by atoms with Gasteiger partial charge in [0, 0.05) is 23.5 Å². The molecular weight excluding hydrogens is 373 g/mol. The summed E-state index contributed by atoms with van der Waals surface area (Å²) in [5.41, 5.74) is 0.970. The Morgan fingerprint density at radius 1 is 1.11 bits per heavy atom. The fourth-order valence-electron chi connectivity index (χ4n) is 2.50. The van der Waals surface area contributed by atoms with E-state index in [9.17, 15) is 18.3 Å². The van der Waals surface area contributed by atoms with Crippen molar-refractivity contribution >= 4 is 11.4 Å². The van der Waals surface area contributed by atoms with Crippen LogP contribution in [0.15, 0.2) is 48.5 Å². The van der Waals surface area contributed by atoms with Crippen LogP contribution in [0.5, 0.6) is 0 Å². The van der Waals surface area contributed by atoms with E-state index in [2.05, 4.69) is 26.0 Å². The number of hydrogen-bond donors (Lipinski definition) is 3. The van der Waals surface area contributed by atoms with Crippen LogP contribution in [0, 0.1) is 0 Å². The first kappa shape index (κ1) is 19.8. The third kappa shape index (κ3) is 4.65. The van der Waals surface area contributed by atoms with Crippen LogP contribution in [0.4, 0.5) is 24.5 Å². The highest BCUT2D eigenvalue weighted by molar-refractivity contribution is 5.77. The van der Waals surface area contributed by atoms with Gasteiger partial charge in [-0.2, -0.15) is 13.2 Å². The molecule has 1 atom stereocenters. The maximum atomic E-state index is 12.7. The van der Waals surface area contributed by atoms with E-state index in [1.54, 1.807) is 24.3 Å². The molecule has 0 fully saturated rings. The smallest absolute Gasteiger partial charge is 0.369 e. The number of aliphatic hydroxyl groups is 1. The van der Waals surface area contributed by atoms with Crippen molar-refractivity contribution in [3.8, 4) is 11.4 Å². The molecule has 0 aliphatic heterocycles. The molecule has 148 valence electrons. The number of para-hydroxylation sites is 1. The second kappa shape index (κ2) is 8.36. The number of aromatic nitrogens is 4. The van der Waals surface area contributed by atoms with E-state index in [0.29, 0.717) is 23.5 Å². The average Bonchev–Trinajstić information content (AvgIpc) is 3.16. The minimum atomic E-state index is -4.38. The van der Waals surface area contributed by atoms with E-state index in [4.69, 9.17) is 0 Å². The number of nitrogens with zero attached hydrogens (tertiary/aromatic N) is 4. The third-order valence-corrected chi connectivity index (χ3v) is 3.93. The number of hydrogen-bond acceptors (Lipinski definition) is 6. The molecule has 1 aromatic heterocycles. The fraction of sp³-hybridized carbons (Fsp3) is 0.278. The molecule has 0 unspecified atom stereocenters. The predicted octanol–water partition coefficient (Wildman–Crippen LogP) is 3.20. The molecule has 3 aromatic rings. The number of anilines is 2. The Bertz CT molecular complexity index is 910. The SMILES string of the molecule is CCNC[C@@H](O)n1nnc(-c2ccccc2Nc2ccc(C(F)(F)F)cc2)n1. The topological polar surface area (TPSA) is 87.9 Å². The minimum absolute atomic E-state index is 0.276. The monoisotopic (exact) mass is 392 g/mol. The van der Waals surface area contributed by atoms with Gasteiger partial charge in [0.05, 0.1) is 5.56 Å². The molecule has 0 saturated carbocycles. The predicted molar refractivity (Wildman–Crippen MR) is 97.8 cm³/mol. The van der Waals surface area contributed by atoms with Crippen LogP contribution in [0.2, 0.25) is 0 Å². The summed E-state index contributed by atoms with van der Waals surface area (Å²) in [6, 6.07) is 11.8. The highest BCUT2D eigenvalue weighted by Gasteiger charge is 2.30. The molecule has 0 aliphatic rings. The van der Waals surface area contributed by atoms with E-state index in [1.807, 2.05) is 6.92 Å². The molecule has 0 saturated heterocycles. The van der Waals surface area contributed by atoms with Crippen molar-refractivity contribution in [3.63, 3.8) is 0 Å². The van der Waals surface area contributed by atoms with E-state index in [-0.39, 0.29) is 12.4 Å². The molecule has 0 amide bonds. The Kier molecular flexibility index (Phi) is 5.90.